The molecule has 0 unspecified atom stereocenters. The van der Waals surface area contributed by atoms with Crippen LogP contribution in [-0.2, 0) is 4.79 Å². The van der Waals surface area contributed by atoms with Gasteiger partial charge >= 0.3 is 0 Å². The van der Waals surface area contributed by atoms with E-state index in [2.05, 4.69) is 20.2 Å². The summed E-state index contributed by atoms with van der Waals surface area (Å²) in [4.78, 5) is 36.1. The van der Waals surface area contributed by atoms with Crippen LogP contribution in [0.5, 0.6) is 0 Å². The number of pyridine rings is 2. The van der Waals surface area contributed by atoms with E-state index >= 15 is 0 Å². The summed E-state index contributed by atoms with van der Waals surface area (Å²) in [6, 6.07) is 12.3. The summed E-state index contributed by atoms with van der Waals surface area (Å²) < 4.78 is 0. The second-order valence-corrected chi connectivity index (χ2v) is 7.02. The van der Waals surface area contributed by atoms with Crippen molar-refractivity contribution in [3.05, 3.63) is 65.0 Å². The minimum Gasteiger partial charge on any atom is -0.383 e. The van der Waals surface area contributed by atoms with Gasteiger partial charge in [0.25, 0.3) is 5.69 Å². The molecule has 0 saturated carbocycles. The summed E-state index contributed by atoms with van der Waals surface area (Å²) in [6.45, 7) is 3.28. The van der Waals surface area contributed by atoms with Crippen molar-refractivity contribution in [2.24, 2.45) is 0 Å². The van der Waals surface area contributed by atoms with Crippen LogP contribution in [0.1, 0.15) is 6.42 Å². The van der Waals surface area contributed by atoms with Crippen molar-refractivity contribution in [3.8, 4) is 0 Å². The lowest BCUT2D eigenvalue weighted by atomic mass is 10.1. The number of fused-ring (bicyclic) bond motifs is 1. The van der Waals surface area contributed by atoms with E-state index < -0.39 is 4.92 Å². The van der Waals surface area contributed by atoms with Crippen molar-refractivity contribution in [1.29, 1.82) is 0 Å². The molecule has 3 heterocycles. The average Bonchev–Trinajstić information content (AvgIpc) is 2.79. The van der Waals surface area contributed by atoms with E-state index in [-0.39, 0.29) is 11.6 Å². The topological polar surface area (TPSA) is 104 Å². The molecule has 154 valence electrons. The third-order valence-corrected chi connectivity index (χ3v) is 5.20. The Kier molecular flexibility index (Phi) is 5.69. The molecule has 0 spiro atoms. The molecule has 1 aliphatic rings. The third-order valence-electron chi connectivity index (χ3n) is 5.20. The van der Waals surface area contributed by atoms with Crippen LogP contribution in [0, 0.1) is 10.1 Å². The average molecular weight is 406 g/mol. The van der Waals surface area contributed by atoms with Crippen molar-refractivity contribution >= 4 is 34.0 Å². The number of nitro groups is 1. The SMILES string of the molecule is O=C(CCNc1ccc([N+](=O)[O-])c2cccnc12)N1CCN(c2ccccn2)CC1. The number of hydrogen-bond donors (Lipinski definition) is 1. The molecule has 2 aromatic heterocycles. The molecule has 1 saturated heterocycles. The zero-order valence-electron chi connectivity index (χ0n) is 16.4. The Morgan fingerprint density at radius 1 is 1.03 bits per heavy atom. The van der Waals surface area contributed by atoms with Gasteiger partial charge in [0, 0.05) is 57.6 Å². The number of anilines is 2. The minimum atomic E-state index is -0.415. The summed E-state index contributed by atoms with van der Waals surface area (Å²) in [5, 5.41) is 14.9. The lowest BCUT2D eigenvalue weighted by Crippen LogP contribution is -2.49. The number of carbonyl (C=O) groups is 1. The molecule has 1 amide bonds. The maximum atomic E-state index is 12.6. The zero-order valence-corrected chi connectivity index (χ0v) is 16.4. The van der Waals surface area contributed by atoms with Gasteiger partial charge in [-0.2, -0.15) is 0 Å². The summed E-state index contributed by atoms with van der Waals surface area (Å²) in [5.74, 6) is 1.02. The number of nitro benzene ring substituents is 1. The van der Waals surface area contributed by atoms with Crippen LogP contribution < -0.4 is 10.2 Å². The van der Waals surface area contributed by atoms with Crippen LogP contribution in [0.25, 0.3) is 10.9 Å². The molecule has 0 atom stereocenters. The largest absolute Gasteiger partial charge is 0.383 e. The van der Waals surface area contributed by atoms with Gasteiger partial charge in [0.1, 0.15) is 11.3 Å². The lowest BCUT2D eigenvalue weighted by Gasteiger charge is -2.35. The molecule has 30 heavy (non-hydrogen) atoms. The third kappa shape index (κ3) is 4.14. The van der Waals surface area contributed by atoms with E-state index in [4.69, 9.17) is 0 Å². The molecule has 3 aromatic rings. The highest BCUT2D eigenvalue weighted by molar-refractivity contribution is 5.96. The normalized spacial score (nSPS) is 14.0. The Bertz CT molecular complexity index is 1050. The van der Waals surface area contributed by atoms with E-state index in [0.29, 0.717) is 42.6 Å². The predicted molar refractivity (Wildman–Crippen MR) is 115 cm³/mol. The van der Waals surface area contributed by atoms with Gasteiger partial charge in [0.15, 0.2) is 0 Å². The molecule has 9 nitrogen and oxygen atoms in total. The number of carbonyl (C=O) groups excluding carboxylic acids is 1. The van der Waals surface area contributed by atoms with E-state index in [1.165, 1.54) is 6.07 Å². The number of rotatable bonds is 6. The fourth-order valence-electron chi connectivity index (χ4n) is 3.65. The van der Waals surface area contributed by atoms with Crippen molar-refractivity contribution in [2.45, 2.75) is 6.42 Å². The fourth-order valence-corrected chi connectivity index (χ4v) is 3.65. The number of amides is 1. The number of aromatic nitrogens is 2. The molecule has 0 aliphatic carbocycles. The lowest BCUT2D eigenvalue weighted by molar-refractivity contribution is -0.383. The predicted octanol–water partition coefficient (Wildman–Crippen LogP) is 2.69. The first-order valence-electron chi connectivity index (χ1n) is 9.83. The van der Waals surface area contributed by atoms with Gasteiger partial charge in [-0.05, 0) is 30.3 Å². The van der Waals surface area contributed by atoms with Crippen LogP contribution in [-0.4, -0.2) is 58.4 Å². The summed E-state index contributed by atoms with van der Waals surface area (Å²) in [7, 11) is 0. The molecule has 9 heteroatoms. The van der Waals surface area contributed by atoms with Crippen molar-refractivity contribution < 1.29 is 9.72 Å². The molecule has 0 bridgehead atoms. The van der Waals surface area contributed by atoms with Gasteiger partial charge in [-0.15, -0.1) is 0 Å². The molecule has 0 radical (unpaired) electrons. The van der Waals surface area contributed by atoms with Crippen LogP contribution in [0.4, 0.5) is 17.2 Å². The van der Waals surface area contributed by atoms with Crippen molar-refractivity contribution in [2.75, 3.05) is 42.9 Å². The number of benzene rings is 1. The molecular weight excluding hydrogens is 384 g/mol. The number of nitrogens with zero attached hydrogens (tertiary/aromatic N) is 5. The van der Waals surface area contributed by atoms with Crippen LogP contribution in [0.2, 0.25) is 0 Å². The first-order chi connectivity index (χ1) is 14.6. The van der Waals surface area contributed by atoms with E-state index in [1.54, 1.807) is 30.6 Å². The van der Waals surface area contributed by atoms with Gasteiger partial charge < -0.3 is 15.1 Å². The Morgan fingerprint density at radius 2 is 1.83 bits per heavy atom. The molecule has 4 rings (SSSR count). The van der Waals surface area contributed by atoms with Gasteiger partial charge in [-0.1, -0.05) is 6.07 Å². The molecular formula is C21H22N6O3. The maximum absolute atomic E-state index is 12.6. The minimum absolute atomic E-state index is 0.0190. The van der Waals surface area contributed by atoms with Crippen LogP contribution in [0.15, 0.2) is 54.9 Å². The summed E-state index contributed by atoms with van der Waals surface area (Å²) >= 11 is 0. The summed E-state index contributed by atoms with van der Waals surface area (Å²) in [6.07, 6.45) is 3.72. The van der Waals surface area contributed by atoms with Gasteiger partial charge in [0.05, 0.1) is 16.0 Å². The second-order valence-electron chi connectivity index (χ2n) is 7.02. The van der Waals surface area contributed by atoms with Crippen molar-refractivity contribution in [1.82, 2.24) is 14.9 Å². The Hall–Kier alpha value is -3.75. The maximum Gasteiger partial charge on any atom is 0.278 e. The smallest absolute Gasteiger partial charge is 0.278 e. The van der Waals surface area contributed by atoms with Crippen molar-refractivity contribution in [3.63, 3.8) is 0 Å². The summed E-state index contributed by atoms with van der Waals surface area (Å²) in [5.41, 5.74) is 1.23. The van der Waals surface area contributed by atoms with Gasteiger partial charge in [-0.25, -0.2) is 4.98 Å². The Balaban J connectivity index is 1.32. The quantitative estimate of drug-likeness (QED) is 0.496. The number of non-ortho nitro benzene ring substituents is 1. The fraction of sp³-hybridized carbons (Fsp3) is 0.286. The van der Waals surface area contributed by atoms with Crippen LogP contribution in [0.3, 0.4) is 0 Å². The monoisotopic (exact) mass is 406 g/mol. The highest BCUT2D eigenvalue weighted by Crippen LogP contribution is 2.29. The number of hydrogen-bond acceptors (Lipinski definition) is 7. The first-order valence-corrected chi connectivity index (χ1v) is 9.83. The van der Waals surface area contributed by atoms with Gasteiger partial charge in [-0.3, -0.25) is 19.9 Å². The highest BCUT2D eigenvalue weighted by atomic mass is 16.6. The molecule has 1 aliphatic heterocycles. The number of piperazine rings is 1. The highest BCUT2D eigenvalue weighted by Gasteiger charge is 2.21. The number of nitrogens with one attached hydrogen (secondary N) is 1. The zero-order chi connectivity index (χ0) is 20.9. The van der Waals surface area contributed by atoms with Gasteiger partial charge in [0.2, 0.25) is 5.91 Å². The van der Waals surface area contributed by atoms with Crippen LogP contribution >= 0.6 is 0 Å². The van der Waals surface area contributed by atoms with E-state index in [9.17, 15) is 14.9 Å². The molecule has 1 N–H and O–H groups in total. The Labute approximate surface area is 173 Å². The second kappa shape index (κ2) is 8.73. The standard InChI is InChI=1S/C21H22N6O3/c28-20(26-14-12-25(13-15-26)19-5-1-2-9-23-19)8-11-22-17-6-7-18(27(29)30)16-4-3-10-24-21(16)17/h1-7,9-10,22H,8,11-15H2. The van der Waals surface area contributed by atoms with E-state index in [1.807, 2.05) is 23.1 Å². The first kappa shape index (κ1) is 19.6. The van der Waals surface area contributed by atoms with E-state index in [0.717, 1.165) is 18.9 Å². The molecule has 1 aromatic carbocycles. The Morgan fingerprint density at radius 3 is 2.57 bits per heavy atom. The molecule has 1 fully saturated rings.